The molecule has 1 aliphatic rings. The van der Waals surface area contributed by atoms with Gasteiger partial charge in [0.15, 0.2) is 0 Å². The molecule has 1 rings (SSSR count). The normalized spacial score (nSPS) is 30.7. The van der Waals surface area contributed by atoms with Gasteiger partial charge in [0.25, 0.3) is 0 Å². The fourth-order valence-corrected chi connectivity index (χ4v) is 3.55. The summed E-state index contributed by atoms with van der Waals surface area (Å²) in [5.41, 5.74) is 0. The fraction of sp³-hybridized carbons (Fsp3) is 1.00. The summed E-state index contributed by atoms with van der Waals surface area (Å²) >= 11 is 4.13. The first-order valence-electron chi connectivity index (χ1n) is 5.19. The van der Waals surface area contributed by atoms with Crippen LogP contribution in [0.3, 0.4) is 0 Å². The third-order valence-corrected chi connectivity index (χ3v) is 4.92. The van der Waals surface area contributed by atoms with E-state index in [1.54, 1.807) is 0 Å². The predicted molar refractivity (Wildman–Crippen MR) is 65.9 cm³/mol. The van der Waals surface area contributed by atoms with Crippen LogP contribution in [0.25, 0.3) is 0 Å². The molecule has 13 heavy (non-hydrogen) atoms. The molecule has 0 radical (unpaired) electrons. The van der Waals surface area contributed by atoms with Gasteiger partial charge in [-0.05, 0) is 24.9 Å². The molecule has 0 aromatic carbocycles. The molecule has 1 aliphatic heterocycles. The van der Waals surface area contributed by atoms with Gasteiger partial charge in [0.05, 0.1) is 0 Å². The van der Waals surface area contributed by atoms with E-state index < -0.39 is 0 Å². The van der Waals surface area contributed by atoms with E-state index in [9.17, 15) is 0 Å². The van der Waals surface area contributed by atoms with Crippen molar-refractivity contribution in [2.45, 2.75) is 44.5 Å². The van der Waals surface area contributed by atoms with Gasteiger partial charge in [0.2, 0.25) is 0 Å². The Labute approximate surface area is 90.8 Å². The van der Waals surface area contributed by atoms with E-state index in [2.05, 4.69) is 37.8 Å². The second-order valence-electron chi connectivity index (χ2n) is 3.70. The summed E-state index contributed by atoms with van der Waals surface area (Å²) < 4.78 is 0. The second kappa shape index (κ2) is 6.20. The fourth-order valence-electron chi connectivity index (χ4n) is 1.66. The minimum atomic E-state index is 0.677. The first-order chi connectivity index (χ1) is 6.24. The summed E-state index contributed by atoms with van der Waals surface area (Å²) in [6.45, 7) is 6.87. The summed E-state index contributed by atoms with van der Waals surface area (Å²) in [7, 11) is 0. The molecular formula is C10H21NS2. The lowest BCUT2D eigenvalue weighted by molar-refractivity contribution is 0.467. The van der Waals surface area contributed by atoms with Gasteiger partial charge in [-0.25, -0.2) is 0 Å². The van der Waals surface area contributed by atoms with Crippen LogP contribution in [0.15, 0.2) is 0 Å². The Kier molecular flexibility index (Phi) is 5.60. The molecule has 1 heterocycles. The summed E-state index contributed by atoms with van der Waals surface area (Å²) in [5, 5.41) is 4.54. The van der Waals surface area contributed by atoms with Gasteiger partial charge in [-0.2, -0.15) is 23.5 Å². The standard InChI is InChI=1S/C10H21NS2/c1-4-12-7-8(2)11-10-5-6-13-9(10)3/h8-11H,4-7H2,1-3H3. The third kappa shape index (κ3) is 4.13. The van der Waals surface area contributed by atoms with Gasteiger partial charge in [-0.3, -0.25) is 0 Å². The average Bonchev–Trinajstić information content (AvgIpc) is 2.48. The van der Waals surface area contributed by atoms with E-state index in [4.69, 9.17) is 0 Å². The van der Waals surface area contributed by atoms with E-state index in [-0.39, 0.29) is 0 Å². The van der Waals surface area contributed by atoms with Crippen LogP contribution in [-0.2, 0) is 0 Å². The van der Waals surface area contributed by atoms with Gasteiger partial charge < -0.3 is 5.32 Å². The van der Waals surface area contributed by atoms with Crippen LogP contribution in [0.5, 0.6) is 0 Å². The highest BCUT2D eigenvalue weighted by Gasteiger charge is 2.24. The Morgan fingerprint density at radius 2 is 2.38 bits per heavy atom. The van der Waals surface area contributed by atoms with Crippen LogP contribution in [0, 0.1) is 0 Å². The molecule has 1 saturated heterocycles. The summed E-state index contributed by atoms with van der Waals surface area (Å²) in [6, 6.07) is 1.44. The lowest BCUT2D eigenvalue weighted by atomic mass is 10.1. The molecule has 0 aromatic rings. The van der Waals surface area contributed by atoms with Crippen molar-refractivity contribution in [3.8, 4) is 0 Å². The first kappa shape index (κ1) is 11.7. The van der Waals surface area contributed by atoms with Crippen LogP contribution in [0.4, 0.5) is 0 Å². The molecule has 78 valence electrons. The topological polar surface area (TPSA) is 12.0 Å². The zero-order chi connectivity index (χ0) is 9.68. The van der Waals surface area contributed by atoms with Crippen molar-refractivity contribution in [3.63, 3.8) is 0 Å². The Balaban J connectivity index is 2.15. The number of rotatable bonds is 5. The molecule has 0 saturated carbocycles. The summed E-state index contributed by atoms with van der Waals surface area (Å²) in [6.07, 6.45) is 1.35. The number of nitrogens with one attached hydrogen (secondary N) is 1. The maximum atomic E-state index is 3.72. The van der Waals surface area contributed by atoms with Crippen LogP contribution in [0.1, 0.15) is 27.2 Å². The molecule has 1 fully saturated rings. The zero-order valence-electron chi connectivity index (χ0n) is 8.88. The predicted octanol–water partition coefficient (Wildman–Crippen LogP) is 2.61. The lowest BCUT2D eigenvalue weighted by Crippen LogP contribution is -2.40. The van der Waals surface area contributed by atoms with Gasteiger partial charge in [0, 0.05) is 23.1 Å². The van der Waals surface area contributed by atoms with E-state index in [0.29, 0.717) is 6.04 Å². The highest BCUT2D eigenvalue weighted by atomic mass is 32.2. The summed E-state index contributed by atoms with van der Waals surface area (Å²) in [5.74, 6) is 3.83. The monoisotopic (exact) mass is 219 g/mol. The number of hydrogen-bond donors (Lipinski definition) is 1. The van der Waals surface area contributed by atoms with Gasteiger partial charge in [0.1, 0.15) is 0 Å². The van der Waals surface area contributed by atoms with Crippen LogP contribution in [0.2, 0.25) is 0 Å². The third-order valence-electron chi connectivity index (χ3n) is 2.45. The minimum absolute atomic E-state index is 0.677. The second-order valence-corrected chi connectivity index (χ2v) is 6.50. The Morgan fingerprint density at radius 1 is 1.62 bits per heavy atom. The maximum absolute atomic E-state index is 3.72. The SMILES string of the molecule is CCSCC(C)NC1CCSC1C. The number of thioether (sulfide) groups is 2. The molecule has 3 unspecified atom stereocenters. The molecule has 1 N–H and O–H groups in total. The zero-order valence-corrected chi connectivity index (χ0v) is 10.5. The van der Waals surface area contributed by atoms with Gasteiger partial charge in [-0.15, -0.1) is 0 Å². The van der Waals surface area contributed by atoms with Crippen molar-refractivity contribution in [1.29, 1.82) is 0 Å². The van der Waals surface area contributed by atoms with E-state index in [1.165, 1.54) is 23.7 Å². The highest BCUT2D eigenvalue weighted by molar-refractivity contribution is 8.00. The minimum Gasteiger partial charge on any atom is -0.310 e. The van der Waals surface area contributed by atoms with Crippen LogP contribution in [-0.4, -0.2) is 34.6 Å². The molecule has 3 heteroatoms. The molecule has 3 atom stereocenters. The molecule has 0 bridgehead atoms. The molecule has 0 amide bonds. The smallest absolute Gasteiger partial charge is 0.0194 e. The molecular weight excluding hydrogens is 198 g/mol. The first-order valence-corrected chi connectivity index (χ1v) is 7.39. The molecule has 0 aromatic heterocycles. The largest absolute Gasteiger partial charge is 0.310 e. The lowest BCUT2D eigenvalue weighted by Gasteiger charge is -2.21. The quantitative estimate of drug-likeness (QED) is 0.763. The van der Waals surface area contributed by atoms with E-state index in [0.717, 1.165) is 11.3 Å². The molecule has 0 spiro atoms. The summed E-state index contributed by atoms with van der Waals surface area (Å²) in [4.78, 5) is 0. The average molecular weight is 219 g/mol. The van der Waals surface area contributed by atoms with E-state index >= 15 is 0 Å². The number of hydrogen-bond acceptors (Lipinski definition) is 3. The van der Waals surface area contributed by atoms with Crippen molar-refractivity contribution >= 4 is 23.5 Å². The molecule has 0 aliphatic carbocycles. The van der Waals surface area contributed by atoms with Gasteiger partial charge >= 0.3 is 0 Å². The maximum Gasteiger partial charge on any atom is 0.0194 e. The van der Waals surface area contributed by atoms with Crippen molar-refractivity contribution in [2.24, 2.45) is 0 Å². The van der Waals surface area contributed by atoms with E-state index in [1.807, 2.05) is 11.8 Å². The van der Waals surface area contributed by atoms with Crippen molar-refractivity contribution in [2.75, 3.05) is 17.3 Å². The van der Waals surface area contributed by atoms with Crippen molar-refractivity contribution < 1.29 is 0 Å². The highest BCUT2D eigenvalue weighted by Crippen LogP contribution is 2.26. The van der Waals surface area contributed by atoms with Gasteiger partial charge in [-0.1, -0.05) is 13.8 Å². The van der Waals surface area contributed by atoms with Crippen molar-refractivity contribution in [1.82, 2.24) is 5.32 Å². The Bertz CT molecular complexity index is 141. The molecule has 1 nitrogen and oxygen atoms in total. The van der Waals surface area contributed by atoms with Crippen molar-refractivity contribution in [3.05, 3.63) is 0 Å². The van der Waals surface area contributed by atoms with Crippen LogP contribution >= 0.6 is 23.5 Å². The Morgan fingerprint density at radius 3 is 2.92 bits per heavy atom. The Hall–Kier alpha value is 0.660. The van der Waals surface area contributed by atoms with Crippen LogP contribution < -0.4 is 5.32 Å².